The number of benzene rings is 2. The Kier molecular flexibility index (Phi) is 4.62. The van der Waals surface area contributed by atoms with Crippen molar-refractivity contribution in [2.24, 2.45) is 5.73 Å². The standard InChI is InChI=1S/C15H15BrN2OS/c1-9-7-11(19-2)4-6-14(9)18-10-3-5-12(15(17)20)13(16)8-10/h3-8,18H,1-2H3,(H2,17,20). The predicted molar refractivity (Wildman–Crippen MR) is 91.0 cm³/mol. The van der Waals surface area contributed by atoms with Gasteiger partial charge in [-0.2, -0.15) is 0 Å². The first-order valence-electron chi connectivity index (χ1n) is 6.02. The highest BCUT2D eigenvalue weighted by Crippen LogP contribution is 2.27. The van der Waals surface area contributed by atoms with Crippen molar-refractivity contribution in [1.29, 1.82) is 0 Å². The van der Waals surface area contributed by atoms with Gasteiger partial charge in [-0.1, -0.05) is 12.2 Å². The monoisotopic (exact) mass is 350 g/mol. The molecule has 0 fully saturated rings. The molecule has 0 aliphatic carbocycles. The summed E-state index contributed by atoms with van der Waals surface area (Å²) < 4.78 is 6.07. The van der Waals surface area contributed by atoms with Gasteiger partial charge in [-0.3, -0.25) is 0 Å². The van der Waals surface area contributed by atoms with E-state index in [4.69, 9.17) is 22.7 Å². The van der Waals surface area contributed by atoms with Gasteiger partial charge in [0.05, 0.1) is 7.11 Å². The summed E-state index contributed by atoms with van der Waals surface area (Å²) in [6.07, 6.45) is 0. The van der Waals surface area contributed by atoms with Gasteiger partial charge < -0.3 is 15.8 Å². The third kappa shape index (κ3) is 3.29. The summed E-state index contributed by atoms with van der Waals surface area (Å²) in [6, 6.07) is 11.7. The Labute approximate surface area is 132 Å². The van der Waals surface area contributed by atoms with Crippen LogP contribution in [0.5, 0.6) is 5.75 Å². The van der Waals surface area contributed by atoms with Gasteiger partial charge in [0.25, 0.3) is 0 Å². The van der Waals surface area contributed by atoms with E-state index in [2.05, 4.69) is 21.2 Å². The molecule has 5 heteroatoms. The number of aryl methyl sites for hydroxylation is 1. The minimum atomic E-state index is 0.379. The van der Waals surface area contributed by atoms with Crippen molar-refractivity contribution in [3.05, 3.63) is 52.0 Å². The van der Waals surface area contributed by atoms with Gasteiger partial charge in [0.15, 0.2) is 0 Å². The summed E-state index contributed by atoms with van der Waals surface area (Å²) in [4.78, 5) is 0.379. The van der Waals surface area contributed by atoms with E-state index in [1.165, 1.54) is 0 Å². The molecule has 20 heavy (non-hydrogen) atoms. The van der Waals surface area contributed by atoms with Crippen LogP contribution in [-0.4, -0.2) is 12.1 Å². The number of halogens is 1. The first-order chi connectivity index (χ1) is 9.51. The fraction of sp³-hybridized carbons (Fsp3) is 0.133. The van der Waals surface area contributed by atoms with Crippen LogP contribution >= 0.6 is 28.1 Å². The number of ether oxygens (including phenoxy) is 1. The van der Waals surface area contributed by atoms with Gasteiger partial charge in [-0.25, -0.2) is 0 Å². The van der Waals surface area contributed by atoms with E-state index in [1.54, 1.807) is 7.11 Å². The average molecular weight is 351 g/mol. The van der Waals surface area contributed by atoms with Gasteiger partial charge in [-0.05, 0) is 64.8 Å². The number of hydrogen-bond acceptors (Lipinski definition) is 3. The SMILES string of the molecule is COc1ccc(Nc2ccc(C(N)=S)c(Br)c2)c(C)c1. The van der Waals surface area contributed by atoms with E-state index >= 15 is 0 Å². The Bertz CT molecular complexity index is 658. The average Bonchev–Trinajstić information content (AvgIpc) is 2.40. The number of methoxy groups -OCH3 is 1. The van der Waals surface area contributed by atoms with Crippen molar-refractivity contribution >= 4 is 44.5 Å². The van der Waals surface area contributed by atoms with E-state index in [0.717, 1.165) is 32.7 Å². The lowest BCUT2D eigenvalue weighted by Crippen LogP contribution is -2.10. The highest BCUT2D eigenvalue weighted by Gasteiger charge is 2.05. The van der Waals surface area contributed by atoms with Gasteiger partial charge in [0.2, 0.25) is 0 Å². The number of hydrogen-bond donors (Lipinski definition) is 2. The molecule has 0 radical (unpaired) electrons. The summed E-state index contributed by atoms with van der Waals surface area (Å²) in [5.74, 6) is 0.845. The number of thiocarbonyl (C=S) groups is 1. The van der Waals surface area contributed by atoms with E-state index in [-0.39, 0.29) is 0 Å². The smallest absolute Gasteiger partial charge is 0.119 e. The van der Waals surface area contributed by atoms with Crippen LogP contribution in [0.15, 0.2) is 40.9 Å². The topological polar surface area (TPSA) is 47.3 Å². The second kappa shape index (κ2) is 6.24. The van der Waals surface area contributed by atoms with Crippen LogP contribution in [0, 0.1) is 6.92 Å². The molecule has 0 bridgehead atoms. The van der Waals surface area contributed by atoms with Crippen LogP contribution in [0.4, 0.5) is 11.4 Å². The molecule has 104 valence electrons. The zero-order chi connectivity index (χ0) is 14.7. The molecule has 0 spiro atoms. The minimum absolute atomic E-state index is 0.379. The van der Waals surface area contributed by atoms with E-state index < -0.39 is 0 Å². The maximum atomic E-state index is 5.64. The Hall–Kier alpha value is -1.59. The zero-order valence-electron chi connectivity index (χ0n) is 11.2. The molecule has 2 aromatic rings. The van der Waals surface area contributed by atoms with Crippen molar-refractivity contribution in [2.75, 3.05) is 12.4 Å². The van der Waals surface area contributed by atoms with Crippen LogP contribution in [-0.2, 0) is 0 Å². The highest BCUT2D eigenvalue weighted by molar-refractivity contribution is 9.10. The summed E-state index contributed by atoms with van der Waals surface area (Å²) in [5, 5.41) is 3.36. The second-order valence-corrected chi connectivity index (χ2v) is 5.66. The third-order valence-electron chi connectivity index (χ3n) is 2.95. The van der Waals surface area contributed by atoms with Crippen LogP contribution < -0.4 is 15.8 Å². The fourth-order valence-corrected chi connectivity index (χ4v) is 2.75. The highest BCUT2D eigenvalue weighted by atomic mass is 79.9. The van der Waals surface area contributed by atoms with Crippen LogP contribution in [0.3, 0.4) is 0 Å². The Morgan fingerprint density at radius 3 is 2.55 bits per heavy atom. The molecule has 2 aromatic carbocycles. The molecule has 0 amide bonds. The lowest BCUT2D eigenvalue weighted by atomic mass is 10.1. The van der Waals surface area contributed by atoms with E-state index in [9.17, 15) is 0 Å². The summed E-state index contributed by atoms with van der Waals surface area (Å²) in [5.41, 5.74) is 9.57. The normalized spacial score (nSPS) is 10.2. The van der Waals surface area contributed by atoms with Crippen LogP contribution in [0.25, 0.3) is 0 Å². The quantitative estimate of drug-likeness (QED) is 0.813. The van der Waals surface area contributed by atoms with Crippen molar-refractivity contribution < 1.29 is 4.74 Å². The fourth-order valence-electron chi connectivity index (χ4n) is 1.85. The third-order valence-corrected chi connectivity index (χ3v) is 3.82. The van der Waals surface area contributed by atoms with Crippen LogP contribution in [0.2, 0.25) is 0 Å². The maximum absolute atomic E-state index is 5.64. The number of nitrogens with one attached hydrogen (secondary N) is 1. The zero-order valence-corrected chi connectivity index (χ0v) is 13.6. The summed E-state index contributed by atoms with van der Waals surface area (Å²) >= 11 is 8.46. The largest absolute Gasteiger partial charge is 0.497 e. The molecule has 0 unspecified atom stereocenters. The molecule has 3 nitrogen and oxygen atoms in total. The summed E-state index contributed by atoms with van der Waals surface area (Å²) in [6.45, 7) is 2.03. The van der Waals surface area contributed by atoms with E-state index in [0.29, 0.717) is 4.99 Å². The van der Waals surface area contributed by atoms with Gasteiger partial charge in [0, 0.05) is 21.4 Å². The Balaban J connectivity index is 2.26. The summed E-state index contributed by atoms with van der Waals surface area (Å²) in [7, 11) is 1.66. The van der Waals surface area contributed by atoms with Crippen LogP contribution in [0.1, 0.15) is 11.1 Å². The van der Waals surface area contributed by atoms with Crippen molar-refractivity contribution in [3.63, 3.8) is 0 Å². The molecule has 0 aromatic heterocycles. The van der Waals surface area contributed by atoms with Crippen molar-refractivity contribution in [2.45, 2.75) is 6.92 Å². The molecule has 2 rings (SSSR count). The first kappa shape index (κ1) is 14.8. The van der Waals surface area contributed by atoms with Crippen molar-refractivity contribution in [1.82, 2.24) is 0 Å². The maximum Gasteiger partial charge on any atom is 0.119 e. The van der Waals surface area contributed by atoms with Gasteiger partial charge >= 0.3 is 0 Å². The number of nitrogens with two attached hydrogens (primary N) is 1. The molecular weight excluding hydrogens is 336 g/mol. The first-order valence-corrected chi connectivity index (χ1v) is 7.22. The predicted octanol–water partition coefficient (Wildman–Crippen LogP) is 4.14. The molecule has 0 atom stereocenters. The Morgan fingerprint density at radius 2 is 2.00 bits per heavy atom. The molecular formula is C15H15BrN2OS. The molecule has 0 aliphatic rings. The van der Waals surface area contributed by atoms with E-state index in [1.807, 2.05) is 43.3 Å². The number of rotatable bonds is 4. The van der Waals surface area contributed by atoms with Gasteiger partial charge in [-0.15, -0.1) is 0 Å². The second-order valence-electron chi connectivity index (χ2n) is 4.36. The molecule has 0 heterocycles. The van der Waals surface area contributed by atoms with Gasteiger partial charge in [0.1, 0.15) is 10.7 Å². The minimum Gasteiger partial charge on any atom is -0.497 e. The number of anilines is 2. The lowest BCUT2D eigenvalue weighted by Gasteiger charge is -2.12. The molecule has 0 saturated heterocycles. The van der Waals surface area contributed by atoms with Crippen molar-refractivity contribution in [3.8, 4) is 5.75 Å². The Morgan fingerprint density at radius 1 is 1.25 bits per heavy atom. The molecule has 0 aliphatic heterocycles. The molecule has 3 N–H and O–H groups in total. The molecule has 0 saturated carbocycles. The lowest BCUT2D eigenvalue weighted by molar-refractivity contribution is 0.414.